The highest BCUT2D eigenvalue weighted by molar-refractivity contribution is 7.89. The van der Waals surface area contributed by atoms with Crippen LogP contribution >= 0.6 is 0 Å². The quantitative estimate of drug-likeness (QED) is 0.791. The van der Waals surface area contributed by atoms with E-state index in [1.54, 1.807) is 6.20 Å². The molecule has 2 rings (SSSR count). The van der Waals surface area contributed by atoms with E-state index in [4.69, 9.17) is 5.73 Å². The molecule has 0 saturated carbocycles. The van der Waals surface area contributed by atoms with Crippen LogP contribution in [-0.2, 0) is 23.1 Å². The number of hydrogen-bond acceptors (Lipinski definition) is 5. The van der Waals surface area contributed by atoms with Crippen LogP contribution in [0.4, 0.5) is 4.39 Å². The lowest BCUT2D eigenvalue weighted by atomic mass is 10.1. The third-order valence-electron chi connectivity index (χ3n) is 2.99. The van der Waals surface area contributed by atoms with E-state index in [1.807, 2.05) is 0 Å². The fourth-order valence-electron chi connectivity index (χ4n) is 1.83. The summed E-state index contributed by atoms with van der Waals surface area (Å²) >= 11 is 0. The van der Waals surface area contributed by atoms with Crippen molar-refractivity contribution in [3.8, 4) is 0 Å². The number of halogens is 1. The molecule has 0 fully saturated rings. The molecule has 0 bridgehead atoms. The van der Waals surface area contributed by atoms with E-state index in [2.05, 4.69) is 15.0 Å². The maximum absolute atomic E-state index is 13.7. The molecule has 0 aliphatic rings. The van der Waals surface area contributed by atoms with Crippen molar-refractivity contribution < 1.29 is 12.8 Å². The summed E-state index contributed by atoms with van der Waals surface area (Å²) in [6, 6.07) is 2.62. The van der Waals surface area contributed by atoms with Crippen molar-refractivity contribution in [2.75, 3.05) is 6.54 Å². The van der Waals surface area contributed by atoms with Gasteiger partial charge in [0.15, 0.2) is 0 Å². The summed E-state index contributed by atoms with van der Waals surface area (Å²) in [4.78, 5) is -0.0958. The smallest absolute Gasteiger partial charge is 0.241 e. The number of hydrogen-bond donors (Lipinski definition) is 2. The Bertz CT molecular complexity index is 715. The SMILES string of the molecule is Cc1c(F)cc(CN)cc1S(=O)(=O)NCCn1ccnn1. The van der Waals surface area contributed by atoms with Gasteiger partial charge in [-0.15, -0.1) is 5.10 Å². The molecule has 1 heterocycles. The van der Waals surface area contributed by atoms with Gasteiger partial charge in [-0.2, -0.15) is 0 Å². The predicted octanol–water partition coefficient (Wildman–Crippen LogP) is 0.163. The van der Waals surface area contributed by atoms with Crippen molar-refractivity contribution in [3.63, 3.8) is 0 Å². The van der Waals surface area contributed by atoms with Crippen LogP contribution in [0, 0.1) is 12.7 Å². The molecule has 0 aliphatic heterocycles. The minimum absolute atomic E-state index is 0.0681. The second kappa shape index (κ2) is 6.29. The maximum atomic E-state index is 13.7. The first-order valence-electron chi connectivity index (χ1n) is 6.27. The molecule has 0 spiro atoms. The molecule has 3 N–H and O–H groups in total. The van der Waals surface area contributed by atoms with E-state index in [0.29, 0.717) is 12.1 Å². The highest BCUT2D eigenvalue weighted by Gasteiger charge is 2.19. The van der Waals surface area contributed by atoms with Crippen LogP contribution < -0.4 is 10.5 Å². The van der Waals surface area contributed by atoms with E-state index >= 15 is 0 Å². The van der Waals surface area contributed by atoms with Gasteiger partial charge < -0.3 is 5.73 Å². The van der Waals surface area contributed by atoms with Gasteiger partial charge in [-0.25, -0.2) is 17.5 Å². The van der Waals surface area contributed by atoms with Crippen molar-refractivity contribution in [1.29, 1.82) is 0 Å². The Morgan fingerprint density at radius 2 is 2.19 bits per heavy atom. The lowest BCUT2D eigenvalue weighted by Gasteiger charge is -2.11. The molecule has 0 aliphatic carbocycles. The number of nitrogens with zero attached hydrogens (tertiary/aromatic N) is 3. The predicted molar refractivity (Wildman–Crippen MR) is 74.2 cm³/mol. The summed E-state index contributed by atoms with van der Waals surface area (Å²) < 4.78 is 42.1. The van der Waals surface area contributed by atoms with E-state index in [-0.39, 0.29) is 23.5 Å². The molecular weight excluding hydrogens is 297 g/mol. The van der Waals surface area contributed by atoms with Crippen LogP contribution in [0.25, 0.3) is 0 Å². The third-order valence-corrected chi connectivity index (χ3v) is 4.57. The summed E-state index contributed by atoms with van der Waals surface area (Å²) in [6.07, 6.45) is 3.12. The lowest BCUT2D eigenvalue weighted by molar-refractivity contribution is 0.550. The molecule has 0 unspecified atom stereocenters. The number of nitrogens with two attached hydrogens (primary N) is 1. The molecular formula is C12H16FN5O2S. The maximum Gasteiger partial charge on any atom is 0.241 e. The second-order valence-corrected chi connectivity index (χ2v) is 6.20. The summed E-state index contributed by atoms with van der Waals surface area (Å²) in [5.41, 5.74) is 5.94. The lowest BCUT2D eigenvalue weighted by Crippen LogP contribution is -2.28. The average molecular weight is 313 g/mol. The van der Waals surface area contributed by atoms with Crippen molar-refractivity contribution in [2.24, 2.45) is 5.73 Å². The van der Waals surface area contributed by atoms with Crippen molar-refractivity contribution in [2.45, 2.75) is 24.9 Å². The highest BCUT2D eigenvalue weighted by Crippen LogP contribution is 2.20. The number of aromatic nitrogens is 3. The average Bonchev–Trinajstić information content (AvgIpc) is 2.94. The molecule has 21 heavy (non-hydrogen) atoms. The largest absolute Gasteiger partial charge is 0.326 e. The van der Waals surface area contributed by atoms with Crippen molar-refractivity contribution in [1.82, 2.24) is 19.7 Å². The first-order chi connectivity index (χ1) is 9.94. The number of sulfonamides is 1. The fraction of sp³-hybridized carbons (Fsp3) is 0.333. The summed E-state index contributed by atoms with van der Waals surface area (Å²) in [5.74, 6) is -0.588. The van der Waals surface area contributed by atoms with Crippen LogP contribution in [0.2, 0.25) is 0 Å². The minimum atomic E-state index is -3.81. The fourth-order valence-corrected chi connectivity index (χ4v) is 3.15. The Morgan fingerprint density at radius 1 is 1.43 bits per heavy atom. The zero-order valence-electron chi connectivity index (χ0n) is 11.5. The Balaban J connectivity index is 2.17. The standard InChI is InChI=1S/C12H16FN5O2S/c1-9-11(13)6-10(8-14)7-12(9)21(19,20)16-3-5-18-4-2-15-17-18/h2,4,6-7,16H,3,5,8,14H2,1H3. The zero-order valence-corrected chi connectivity index (χ0v) is 12.3. The van der Waals surface area contributed by atoms with Gasteiger partial charge in [0.05, 0.1) is 17.6 Å². The number of benzene rings is 1. The Labute approximate surface area is 122 Å². The molecule has 7 nitrogen and oxygen atoms in total. The van der Waals surface area contributed by atoms with Crippen LogP contribution in [0.1, 0.15) is 11.1 Å². The summed E-state index contributed by atoms with van der Waals surface area (Å²) in [7, 11) is -3.81. The third kappa shape index (κ3) is 3.63. The van der Waals surface area contributed by atoms with Gasteiger partial charge >= 0.3 is 0 Å². The Kier molecular flexibility index (Phi) is 4.66. The molecule has 2 aromatic rings. The number of nitrogens with one attached hydrogen (secondary N) is 1. The van der Waals surface area contributed by atoms with Gasteiger partial charge in [0.25, 0.3) is 0 Å². The first-order valence-corrected chi connectivity index (χ1v) is 7.75. The van der Waals surface area contributed by atoms with E-state index in [1.165, 1.54) is 29.9 Å². The Morgan fingerprint density at radius 3 is 2.81 bits per heavy atom. The van der Waals surface area contributed by atoms with Crippen molar-refractivity contribution in [3.05, 3.63) is 41.5 Å². The van der Waals surface area contributed by atoms with Crippen LogP contribution in [0.15, 0.2) is 29.4 Å². The molecule has 0 saturated heterocycles. The first kappa shape index (κ1) is 15.5. The van der Waals surface area contributed by atoms with Gasteiger partial charge in [0, 0.05) is 24.8 Å². The molecule has 0 atom stereocenters. The van der Waals surface area contributed by atoms with E-state index in [9.17, 15) is 12.8 Å². The van der Waals surface area contributed by atoms with Gasteiger partial charge in [0.2, 0.25) is 10.0 Å². The molecule has 114 valence electrons. The van der Waals surface area contributed by atoms with Crippen LogP contribution in [0.3, 0.4) is 0 Å². The van der Waals surface area contributed by atoms with E-state index in [0.717, 1.165) is 0 Å². The second-order valence-electron chi connectivity index (χ2n) is 4.47. The molecule has 1 aromatic heterocycles. The number of rotatable bonds is 6. The summed E-state index contributed by atoms with van der Waals surface area (Å²) in [6.45, 7) is 1.94. The molecule has 0 radical (unpaired) electrons. The van der Waals surface area contributed by atoms with Gasteiger partial charge in [-0.05, 0) is 24.6 Å². The zero-order chi connectivity index (χ0) is 15.5. The highest BCUT2D eigenvalue weighted by atomic mass is 32.2. The summed E-state index contributed by atoms with van der Waals surface area (Å²) in [5, 5.41) is 7.34. The monoisotopic (exact) mass is 313 g/mol. The molecule has 9 heteroatoms. The van der Waals surface area contributed by atoms with Crippen LogP contribution in [0.5, 0.6) is 0 Å². The normalized spacial score (nSPS) is 11.8. The van der Waals surface area contributed by atoms with Crippen LogP contribution in [-0.4, -0.2) is 30.0 Å². The van der Waals surface area contributed by atoms with Gasteiger partial charge in [-0.1, -0.05) is 5.21 Å². The van der Waals surface area contributed by atoms with E-state index < -0.39 is 15.8 Å². The van der Waals surface area contributed by atoms with Gasteiger partial charge in [0.1, 0.15) is 5.82 Å². The molecule has 0 amide bonds. The topological polar surface area (TPSA) is 103 Å². The van der Waals surface area contributed by atoms with Gasteiger partial charge in [-0.3, -0.25) is 4.68 Å². The molecule has 1 aromatic carbocycles. The van der Waals surface area contributed by atoms with Crippen molar-refractivity contribution >= 4 is 10.0 Å². The Hall–Kier alpha value is -1.84. The minimum Gasteiger partial charge on any atom is -0.326 e.